The molecule has 2 aliphatic heterocycles. The van der Waals surface area contributed by atoms with E-state index in [9.17, 15) is 4.79 Å². The van der Waals surface area contributed by atoms with Crippen molar-refractivity contribution in [2.75, 3.05) is 32.7 Å². The first-order valence-corrected chi connectivity index (χ1v) is 8.26. The van der Waals surface area contributed by atoms with Crippen LogP contribution in [0, 0.1) is 0 Å². The van der Waals surface area contributed by atoms with Crippen LogP contribution in [0.1, 0.15) is 37.5 Å². The Kier molecular flexibility index (Phi) is 4.24. The van der Waals surface area contributed by atoms with E-state index in [1.54, 1.807) is 0 Å². The van der Waals surface area contributed by atoms with E-state index < -0.39 is 0 Å². The van der Waals surface area contributed by atoms with Crippen molar-refractivity contribution < 1.29 is 4.79 Å². The number of fused-ring (bicyclic) bond motifs is 1. The second kappa shape index (κ2) is 6.01. The van der Waals surface area contributed by atoms with Gasteiger partial charge in [-0.2, -0.15) is 0 Å². The standard InChI is InChI=1S/C18H27N3O/c1-18(2,3)16-5-4-14-11-20(12-15(14)10-16)13-17(22)21-8-6-19-7-9-21/h4-5,10,19H,6-9,11-13H2,1-3H3. The molecule has 1 aromatic carbocycles. The number of carbonyl (C=O) groups is 1. The molecule has 4 heteroatoms. The smallest absolute Gasteiger partial charge is 0.236 e. The number of benzene rings is 1. The van der Waals surface area contributed by atoms with E-state index in [0.29, 0.717) is 6.54 Å². The summed E-state index contributed by atoms with van der Waals surface area (Å²) in [6.45, 7) is 12.6. The number of nitrogens with one attached hydrogen (secondary N) is 1. The van der Waals surface area contributed by atoms with Gasteiger partial charge in [0.25, 0.3) is 0 Å². The molecule has 0 atom stereocenters. The van der Waals surface area contributed by atoms with Crippen molar-refractivity contribution in [2.45, 2.75) is 39.3 Å². The molecular formula is C18H27N3O. The van der Waals surface area contributed by atoms with Gasteiger partial charge in [-0.25, -0.2) is 0 Å². The zero-order valence-corrected chi connectivity index (χ0v) is 14.0. The van der Waals surface area contributed by atoms with E-state index in [4.69, 9.17) is 0 Å². The SMILES string of the molecule is CC(C)(C)c1ccc2c(c1)CN(CC(=O)N1CCNCC1)C2. The molecule has 22 heavy (non-hydrogen) atoms. The fourth-order valence-electron chi connectivity index (χ4n) is 3.25. The third-order valence-corrected chi connectivity index (χ3v) is 4.69. The number of hydrogen-bond donors (Lipinski definition) is 1. The van der Waals surface area contributed by atoms with Crippen LogP contribution in [0.25, 0.3) is 0 Å². The van der Waals surface area contributed by atoms with Crippen LogP contribution in [0.15, 0.2) is 18.2 Å². The average Bonchev–Trinajstić information content (AvgIpc) is 2.88. The molecule has 1 amide bonds. The lowest BCUT2D eigenvalue weighted by atomic mass is 9.85. The highest BCUT2D eigenvalue weighted by Crippen LogP contribution is 2.29. The van der Waals surface area contributed by atoms with Crippen LogP contribution < -0.4 is 5.32 Å². The maximum Gasteiger partial charge on any atom is 0.236 e. The van der Waals surface area contributed by atoms with Crippen LogP contribution in [0.5, 0.6) is 0 Å². The number of rotatable bonds is 2. The fourth-order valence-corrected chi connectivity index (χ4v) is 3.25. The molecule has 0 unspecified atom stereocenters. The van der Waals surface area contributed by atoms with Crippen molar-refractivity contribution in [2.24, 2.45) is 0 Å². The van der Waals surface area contributed by atoms with Gasteiger partial charge in [0.05, 0.1) is 6.54 Å². The number of carbonyl (C=O) groups excluding carboxylic acids is 1. The fraction of sp³-hybridized carbons (Fsp3) is 0.611. The van der Waals surface area contributed by atoms with Crippen LogP contribution in [0.2, 0.25) is 0 Å². The second-order valence-electron chi connectivity index (χ2n) is 7.51. The molecule has 1 saturated heterocycles. The van der Waals surface area contributed by atoms with Crippen molar-refractivity contribution in [1.82, 2.24) is 15.1 Å². The molecular weight excluding hydrogens is 274 g/mol. The van der Waals surface area contributed by atoms with Gasteiger partial charge in [0.1, 0.15) is 0 Å². The monoisotopic (exact) mass is 301 g/mol. The Morgan fingerprint density at radius 2 is 1.82 bits per heavy atom. The topological polar surface area (TPSA) is 35.6 Å². The van der Waals surface area contributed by atoms with Crippen LogP contribution in [-0.2, 0) is 23.3 Å². The molecule has 0 aliphatic carbocycles. The summed E-state index contributed by atoms with van der Waals surface area (Å²) >= 11 is 0. The lowest BCUT2D eigenvalue weighted by Crippen LogP contribution is -2.49. The molecule has 3 rings (SSSR count). The van der Waals surface area contributed by atoms with E-state index in [-0.39, 0.29) is 11.3 Å². The predicted octanol–water partition coefficient (Wildman–Crippen LogP) is 1.73. The molecule has 0 aromatic heterocycles. The van der Waals surface area contributed by atoms with Crippen LogP contribution in [0.3, 0.4) is 0 Å². The molecule has 2 aliphatic rings. The van der Waals surface area contributed by atoms with Crippen LogP contribution in [0.4, 0.5) is 0 Å². The minimum Gasteiger partial charge on any atom is -0.339 e. The van der Waals surface area contributed by atoms with E-state index in [0.717, 1.165) is 39.3 Å². The minimum atomic E-state index is 0.180. The largest absolute Gasteiger partial charge is 0.339 e. The molecule has 2 heterocycles. The van der Waals surface area contributed by atoms with Gasteiger partial charge in [0, 0.05) is 39.3 Å². The van der Waals surface area contributed by atoms with Crippen molar-refractivity contribution in [3.8, 4) is 0 Å². The maximum absolute atomic E-state index is 12.4. The first-order valence-electron chi connectivity index (χ1n) is 8.26. The Labute approximate surface area is 133 Å². The molecule has 0 bridgehead atoms. The first kappa shape index (κ1) is 15.5. The molecule has 1 aromatic rings. The number of piperazine rings is 1. The van der Waals surface area contributed by atoms with E-state index in [1.165, 1.54) is 16.7 Å². The summed E-state index contributed by atoms with van der Waals surface area (Å²) < 4.78 is 0. The summed E-state index contributed by atoms with van der Waals surface area (Å²) in [6, 6.07) is 6.80. The summed E-state index contributed by atoms with van der Waals surface area (Å²) in [4.78, 5) is 16.6. The molecule has 1 N–H and O–H groups in total. The molecule has 120 valence electrons. The van der Waals surface area contributed by atoms with Gasteiger partial charge < -0.3 is 10.2 Å². The molecule has 4 nitrogen and oxygen atoms in total. The summed E-state index contributed by atoms with van der Waals surface area (Å²) in [6.07, 6.45) is 0. The third-order valence-electron chi connectivity index (χ3n) is 4.69. The second-order valence-corrected chi connectivity index (χ2v) is 7.51. The van der Waals surface area contributed by atoms with Gasteiger partial charge in [-0.15, -0.1) is 0 Å². The molecule has 0 radical (unpaired) electrons. The lowest BCUT2D eigenvalue weighted by molar-refractivity contribution is -0.133. The van der Waals surface area contributed by atoms with Gasteiger partial charge in [-0.3, -0.25) is 9.69 Å². The first-order chi connectivity index (χ1) is 10.4. The zero-order valence-electron chi connectivity index (χ0n) is 14.0. The highest BCUT2D eigenvalue weighted by Gasteiger charge is 2.25. The van der Waals surface area contributed by atoms with Gasteiger partial charge in [-0.05, 0) is 22.1 Å². The van der Waals surface area contributed by atoms with Crippen molar-refractivity contribution in [1.29, 1.82) is 0 Å². The predicted molar refractivity (Wildman–Crippen MR) is 88.7 cm³/mol. The quantitative estimate of drug-likeness (QED) is 0.904. The Morgan fingerprint density at radius 1 is 1.14 bits per heavy atom. The van der Waals surface area contributed by atoms with Crippen LogP contribution >= 0.6 is 0 Å². The van der Waals surface area contributed by atoms with E-state index in [2.05, 4.69) is 49.2 Å². The Morgan fingerprint density at radius 3 is 2.50 bits per heavy atom. The number of amides is 1. The summed E-state index contributed by atoms with van der Waals surface area (Å²) in [5.41, 5.74) is 4.32. The van der Waals surface area contributed by atoms with E-state index >= 15 is 0 Å². The third kappa shape index (κ3) is 3.33. The minimum absolute atomic E-state index is 0.180. The van der Waals surface area contributed by atoms with Gasteiger partial charge in [0.2, 0.25) is 5.91 Å². The summed E-state index contributed by atoms with van der Waals surface area (Å²) in [5, 5.41) is 3.29. The Bertz CT molecular complexity index is 556. The van der Waals surface area contributed by atoms with Gasteiger partial charge in [-0.1, -0.05) is 39.0 Å². The van der Waals surface area contributed by atoms with Crippen molar-refractivity contribution in [3.05, 3.63) is 34.9 Å². The van der Waals surface area contributed by atoms with E-state index in [1.807, 2.05) is 4.90 Å². The van der Waals surface area contributed by atoms with Crippen LogP contribution in [-0.4, -0.2) is 48.4 Å². The normalized spacial score (nSPS) is 19.3. The van der Waals surface area contributed by atoms with Gasteiger partial charge >= 0.3 is 0 Å². The number of nitrogens with zero attached hydrogens (tertiary/aromatic N) is 2. The average molecular weight is 301 g/mol. The Hall–Kier alpha value is -1.39. The zero-order chi connectivity index (χ0) is 15.7. The highest BCUT2D eigenvalue weighted by molar-refractivity contribution is 5.78. The van der Waals surface area contributed by atoms with Crippen molar-refractivity contribution >= 4 is 5.91 Å². The highest BCUT2D eigenvalue weighted by atomic mass is 16.2. The maximum atomic E-state index is 12.4. The molecule has 0 saturated carbocycles. The lowest BCUT2D eigenvalue weighted by Gasteiger charge is -2.29. The summed E-state index contributed by atoms with van der Waals surface area (Å²) in [5.74, 6) is 0.269. The molecule has 0 spiro atoms. The van der Waals surface area contributed by atoms with Crippen molar-refractivity contribution in [3.63, 3.8) is 0 Å². The summed E-state index contributed by atoms with van der Waals surface area (Å²) in [7, 11) is 0. The Balaban J connectivity index is 1.63. The van der Waals surface area contributed by atoms with Gasteiger partial charge in [0.15, 0.2) is 0 Å². The molecule has 1 fully saturated rings. The number of hydrogen-bond acceptors (Lipinski definition) is 3.